The van der Waals surface area contributed by atoms with Crippen molar-refractivity contribution in [3.05, 3.63) is 53.1 Å². The maximum Gasteiger partial charge on any atom is 0.140 e. The molecule has 0 fully saturated rings. The predicted octanol–water partition coefficient (Wildman–Crippen LogP) is 2.79. The van der Waals surface area contributed by atoms with Crippen LogP contribution in [0, 0.1) is 11.3 Å². The Morgan fingerprint density at radius 2 is 2.33 bits per heavy atom. The Morgan fingerprint density at radius 3 is 3.14 bits per heavy atom. The molecule has 0 saturated heterocycles. The molecule has 21 heavy (non-hydrogen) atoms. The van der Waals surface area contributed by atoms with Crippen molar-refractivity contribution >= 4 is 0 Å². The second-order valence-electron chi connectivity index (χ2n) is 5.66. The minimum Gasteiger partial charge on any atom is -0.349 e. The minimum atomic E-state index is 0.468. The molecule has 1 N–H and O–H groups in total. The molecule has 1 unspecified atom stereocenters. The molecule has 0 amide bonds. The van der Waals surface area contributed by atoms with E-state index in [1.807, 2.05) is 19.2 Å². The molecule has 0 radical (unpaired) electrons. The summed E-state index contributed by atoms with van der Waals surface area (Å²) in [6.45, 7) is 0.792. The minimum absolute atomic E-state index is 0.468. The summed E-state index contributed by atoms with van der Waals surface area (Å²) in [5, 5.41) is 12.4. The predicted molar refractivity (Wildman–Crippen MR) is 81.8 cm³/mol. The Labute approximate surface area is 125 Å². The topological polar surface area (TPSA) is 53.6 Å². The van der Waals surface area contributed by atoms with E-state index in [1.54, 1.807) is 6.20 Å². The number of aryl methyl sites for hydroxylation is 1. The molecule has 1 aliphatic carbocycles. The third-order valence-corrected chi connectivity index (χ3v) is 4.21. The lowest BCUT2D eigenvalue weighted by molar-refractivity contribution is 0.531. The van der Waals surface area contributed by atoms with Crippen LogP contribution in [0.1, 0.15) is 47.7 Å². The van der Waals surface area contributed by atoms with Crippen LogP contribution in [0.3, 0.4) is 0 Å². The zero-order chi connectivity index (χ0) is 14.7. The highest BCUT2D eigenvalue weighted by Gasteiger charge is 2.19. The second kappa shape index (κ2) is 6.11. The summed E-state index contributed by atoms with van der Waals surface area (Å²) in [5.74, 6) is 0. The van der Waals surface area contributed by atoms with Crippen LogP contribution >= 0.6 is 0 Å². The van der Waals surface area contributed by atoms with Gasteiger partial charge in [0.25, 0.3) is 0 Å². The van der Waals surface area contributed by atoms with E-state index in [0.717, 1.165) is 12.1 Å². The molecule has 0 saturated carbocycles. The van der Waals surface area contributed by atoms with Crippen molar-refractivity contribution in [3.8, 4) is 6.07 Å². The van der Waals surface area contributed by atoms with E-state index < -0.39 is 0 Å². The van der Waals surface area contributed by atoms with Crippen LogP contribution in [-0.2, 0) is 13.0 Å². The highest BCUT2D eigenvalue weighted by atomic mass is 15.0. The summed E-state index contributed by atoms with van der Waals surface area (Å²) in [6.07, 6.45) is 11.2. The van der Waals surface area contributed by atoms with Crippen molar-refractivity contribution in [2.24, 2.45) is 0 Å². The molecule has 4 nitrogen and oxygen atoms in total. The Balaban J connectivity index is 1.85. The average Bonchev–Trinajstić information content (AvgIpc) is 2.80. The van der Waals surface area contributed by atoms with Gasteiger partial charge in [-0.1, -0.05) is 6.42 Å². The highest BCUT2D eigenvalue weighted by Crippen LogP contribution is 2.29. The van der Waals surface area contributed by atoms with Gasteiger partial charge in [0.05, 0.1) is 0 Å². The number of hydrogen-bond donors (Lipinski definition) is 1. The first-order valence-electron chi connectivity index (χ1n) is 7.51. The van der Waals surface area contributed by atoms with Crippen LogP contribution < -0.4 is 5.32 Å². The number of rotatable bonds is 3. The van der Waals surface area contributed by atoms with Crippen molar-refractivity contribution in [2.75, 3.05) is 7.05 Å². The standard InChI is InChI=1S/C17H20N4/c1-19-17-5-3-2-4-14-11-21(12-16(14)17)10-13-6-7-20-15(8-13)9-18/h6-8,11-12,17,19H,2-5,10H2,1H3. The van der Waals surface area contributed by atoms with Gasteiger partial charge in [-0.3, -0.25) is 0 Å². The first kappa shape index (κ1) is 13.8. The largest absolute Gasteiger partial charge is 0.349 e. The van der Waals surface area contributed by atoms with Gasteiger partial charge in [-0.05, 0) is 55.1 Å². The molecular weight excluding hydrogens is 260 g/mol. The summed E-state index contributed by atoms with van der Waals surface area (Å²) < 4.78 is 2.23. The first-order chi connectivity index (χ1) is 10.3. The summed E-state index contributed by atoms with van der Waals surface area (Å²) in [6, 6.07) is 6.40. The molecule has 2 aromatic heterocycles. The highest BCUT2D eigenvalue weighted by molar-refractivity contribution is 5.31. The molecule has 2 aromatic rings. The fourth-order valence-electron chi connectivity index (χ4n) is 3.15. The fourth-order valence-corrected chi connectivity index (χ4v) is 3.15. The summed E-state index contributed by atoms with van der Waals surface area (Å²) in [4.78, 5) is 4.02. The van der Waals surface area contributed by atoms with Gasteiger partial charge in [0.1, 0.15) is 11.8 Å². The monoisotopic (exact) mass is 280 g/mol. The fraction of sp³-hybridized carbons (Fsp3) is 0.412. The molecule has 0 bridgehead atoms. The lowest BCUT2D eigenvalue weighted by atomic mass is 10.1. The molecule has 108 valence electrons. The second-order valence-corrected chi connectivity index (χ2v) is 5.66. The van der Waals surface area contributed by atoms with Crippen molar-refractivity contribution in [3.63, 3.8) is 0 Å². The van der Waals surface area contributed by atoms with Gasteiger partial charge in [-0.15, -0.1) is 0 Å². The first-order valence-corrected chi connectivity index (χ1v) is 7.51. The molecule has 1 atom stereocenters. The zero-order valence-electron chi connectivity index (χ0n) is 12.3. The molecule has 3 rings (SSSR count). The van der Waals surface area contributed by atoms with Gasteiger partial charge in [0.15, 0.2) is 0 Å². The lowest BCUT2D eigenvalue weighted by Gasteiger charge is -2.13. The molecule has 0 spiro atoms. The van der Waals surface area contributed by atoms with Crippen LogP contribution in [0.25, 0.3) is 0 Å². The molecule has 1 aliphatic rings. The van der Waals surface area contributed by atoms with Crippen LogP contribution in [0.5, 0.6) is 0 Å². The van der Waals surface area contributed by atoms with E-state index in [9.17, 15) is 0 Å². The van der Waals surface area contributed by atoms with Gasteiger partial charge in [0.2, 0.25) is 0 Å². The number of nitrogens with one attached hydrogen (secondary N) is 1. The van der Waals surface area contributed by atoms with E-state index in [4.69, 9.17) is 5.26 Å². The average molecular weight is 280 g/mol. The Hall–Kier alpha value is -2.12. The van der Waals surface area contributed by atoms with E-state index in [2.05, 4.69) is 33.3 Å². The van der Waals surface area contributed by atoms with E-state index in [-0.39, 0.29) is 0 Å². The summed E-state index contributed by atoms with van der Waals surface area (Å²) in [7, 11) is 2.04. The van der Waals surface area contributed by atoms with Crippen LogP contribution in [-0.4, -0.2) is 16.6 Å². The van der Waals surface area contributed by atoms with Gasteiger partial charge in [-0.2, -0.15) is 5.26 Å². The number of nitrogens with zero attached hydrogens (tertiary/aromatic N) is 3. The van der Waals surface area contributed by atoms with Crippen LogP contribution in [0.4, 0.5) is 0 Å². The van der Waals surface area contributed by atoms with E-state index in [0.29, 0.717) is 11.7 Å². The lowest BCUT2D eigenvalue weighted by Crippen LogP contribution is -2.15. The smallest absolute Gasteiger partial charge is 0.140 e. The number of pyridine rings is 1. The van der Waals surface area contributed by atoms with Gasteiger partial charge < -0.3 is 9.88 Å². The van der Waals surface area contributed by atoms with Crippen molar-refractivity contribution in [1.82, 2.24) is 14.9 Å². The zero-order valence-corrected chi connectivity index (χ0v) is 12.3. The summed E-state index contributed by atoms with van der Waals surface area (Å²) >= 11 is 0. The molecule has 0 aliphatic heterocycles. The molecule has 4 heteroatoms. The van der Waals surface area contributed by atoms with Gasteiger partial charge in [-0.25, -0.2) is 4.98 Å². The van der Waals surface area contributed by atoms with Crippen molar-refractivity contribution < 1.29 is 0 Å². The van der Waals surface area contributed by atoms with Gasteiger partial charge in [0, 0.05) is 31.2 Å². The van der Waals surface area contributed by atoms with Crippen molar-refractivity contribution in [2.45, 2.75) is 38.3 Å². The number of nitriles is 1. The van der Waals surface area contributed by atoms with Gasteiger partial charge >= 0.3 is 0 Å². The third kappa shape index (κ3) is 2.98. The molecular formula is C17H20N4. The normalized spacial score (nSPS) is 17.8. The van der Waals surface area contributed by atoms with Crippen molar-refractivity contribution in [1.29, 1.82) is 5.26 Å². The Kier molecular flexibility index (Phi) is 4.03. The quantitative estimate of drug-likeness (QED) is 0.880. The van der Waals surface area contributed by atoms with Crippen LogP contribution in [0.2, 0.25) is 0 Å². The van der Waals surface area contributed by atoms with E-state index in [1.165, 1.54) is 36.8 Å². The Morgan fingerprint density at radius 1 is 1.43 bits per heavy atom. The number of fused-ring (bicyclic) bond motifs is 1. The summed E-state index contributed by atoms with van der Waals surface area (Å²) in [5.41, 5.74) is 4.49. The number of aromatic nitrogens is 2. The van der Waals surface area contributed by atoms with E-state index >= 15 is 0 Å². The van der Waals surface area contributed by atoms with Crippen LogP contribution in [0.15, 0.2) is 30.7 Å². The Bertz CT molecular complexity index is 666. The molecule has 2 heterocycles. The maximum absolute atomic E-state index is 8.93. The third-order valence-electron chi connectivity index (χ3n) is 4.21. The maximum atomic E-state index is 8.93. The SMILES string of the molecule is CNC1CCCCc2cn(Cc3ccnc(C#N)c3)cc21. The number of hydrogen-bond acceptors (Lipinski definition) is 3. The molecule has 0 aromatic carbocycles.